The van der Waals surface area contributed by atoms with Crippen molar-refractivity contribution >= 4 is 33.0 Å². The predicted octanol–water partition coefficient (Wildman–Crippen LogP) is 4.28. The number of carbonyl (C=O) groups excluding carboxylic acids is 1. The van der Waals surface area contributed by atoms with Gasteiger partial charge in [-0.2, -0.15) is 0 Å². The van der Waals surface area contributed by atoms with Crippen molar-refractivity contribution in [2.75, 3.05) is 10.0 Å². The molecule has 6 nitrogen and oxygen atoms in total. The highest BCUT2D eigenvalue weighted by Gasteiger charge is 2.16. The number of anilines is 3. The minimum atomic E-state index is -3.87. The Morgan fingerprint density at radius 1 is 1.00 bits per heavy atom. The number of aryl methyl sites for hydroxylation is 1. The first-order valence-corrected chi connectivity index (χ1v) is 9.86. The minimum absolute atomic E-state index is 0.0128. The van der Waals surface area contributed by atoms with E-state index in [1.54, 1.807) is 30.3 Å². The second kappa shape index (κ2) is 7.77. The molecule has 0 atom stereocenters. The lowest BCUT2D eigenvalue weighted by atomic mass is 10.1. The zero-order valence-corrected chi connectivity index (χ0v) is 16.0. The number of sulfonamides is 1. The molecule has 144 valence electrons. The van der Waals surface area contributed by atoms with Crippen molar-refractivity contribution in [2.24, 2.45) is 0 Å². The fraction of sp³-hybridized carbons (Fsp3) is 0.100. The fourth-order valence-electron chi connectivity index (χ4n) is 2.46. The van der Waals surface area contributed by atoms with Crippen LogP contribution in [0.4, 0.5) is 21.6 Å². The Bertz CT molecular complexity index is 1110. The van der Waals surface area contributed by atoms with Gasteiger partial charge < -0.3 is 5.32 Å². The minimum Gasteiger partial charge on any atom is -0.354 e. The second-order valence-electron chi connectivity index (χ2n) is 6.21. The Morgan fingerprint density at radius 3 is 2.25 bits per heavy atom. The van der Waals surface area contributed by atoms with E-state index in [1.807, 2.05) is 0 Å². The lowest BCUT2D eigenvalue weighted by Gasteiger charge is -2.10. The number of Topliss-reactive ketones (excluding diaryl/α,β-unsaturated/α-hetero) is 1. The molecule has 2 N–H and O–H groups in total. The quantitative estimate of drug-likeness (QED) is 0.604. The fourth-order valence-corrected chi connectivity index (χ4v) is 3.56. The average molecular weight is 399 g/mol. The molecule has 0 radical (unpaired) electrons. The van der Waals surface area contributed by atoms with Crippen molar-refractivity contribution in [1.29, 1.82) is 0 Å². The molecule has 28 heavy (non-hydrogen) atoms. The summed E-state index contributed by atoms with van der Waals surface area (Å²) < 4.78 is 40.5. The Balaban J connectivity index is 1.71. The molecular weight excluding hydrogens is 381 g/mol. The van der Waals surface area contributed by atoms with Crippen LogP contribution in [-0.2, 0) is 10.0 Å². The number of nitrogens with zero attached hydrogens (tertiary/aromatic N) is 1. The maximum Gasteiger partial charge on any atom is 0.263 e. The van der Waals surface area contributed by atoms with Crippen LogP contribution in [0.3, 0.4) is 0 Å². The predicted molar refractivity (Wildman–Crippen MR) is 106 cm³/mol. The van der Waals surface area contributed by atoms with Crippen molar-refractivity contribution in [3.63, 3.8) is 0 Å². The number of rotatable bonds is 6. The summed E-state index contributed by atoms with van der Waals surface area (Å²) in [6, 6.07) is 13.7. The van der Waals surface area contributed by atoms with Crippen molar-refractivity contribution < 1.29 is 17.6 Å². The number of pyridine rings is 1. The summed E-state index contributed by atoms with van der Waals surface area (Å²) in [4.78, 5) is 15.3. The van der Waals surface area contributed by atoms with Gasteiger partial charge >= 0.3 is 0 Å². The summed E-state index contributed by atoms with van der Waals surface area (Å²) in [5, 5.41) is 3.11. The Kier molecular flexibility index (Phi) is 5.41. The summed E-state index contributed by atoms with van der Waals surface area (Å²) in [7, 11) is -3.87. The molecule has 0 aliphatic carbocycles. The molecule has 0 unspecified atom stereocenters. The maximum absolute atomic E-state index is 13.3. The van der Waals surface area contributed by atoms with E-state index in [2.05, 4.69) is 15.0 Å². The number of ketones is 1. The van der Waals surface area contributed by atoms with Crippen LogP contribution < -0.4 is 10.0 Å². The molecule has 1 heterocycles. The summed E-state index contributed by atoms with van der Waals surface area (Å²) in [5.41, 5.74) is 2.27. The van der Waals surface area contributed by atoms with Gasteiger partial charge in [0.15, 0.2) is 5.78 Å². The number of hydrogen-bond donors (Lipinski definition) is 2. The third kappa shape index (κ3) is 4.52. The molecule has 0 saturated carbocycles. The SMILES string of the molecule is CC(=O)c1ccc(Nc2ccc(NS(=O)(=O)c3ccc(F)c(C)c3)nc2)cc1. The van der Waals surface area contributed by atoms with E-state index in [0.29, 0.717) is 11.3 Å². The van der Waals surface area contributed by atoms with Gasteiger partial charge in [-0.05, 0) is 74.0 Å². The van der Waals surface area contributed by atoms with Crippen LogP contribution in [0.5, 0.6) is 0 Å². The molecule has 2 aromatic carbocycles. The third-order valence-electron chi connectivity index (χ3n) is 4.02. The van der Waals surface area contributed by atoms with Crippen LogP contribution in [-0.4, -0.2) is 19.2 Å². The molecule has 3 rings (SSSR count). The first kappa shape index (κ1) is 19.5. The summed E-state index contributed by atoms with van der Waals surface area (Å²) in [6.45, 7) is 3.00. The standard InChI is InChI=1S/C20H18FN3O3S/c1-13-11-18(8-9-19(13)21)28(26,27)24-20-10-7-17(12-22-20)23-16-5-3-15(4-6-16)14(2)25/h3-12,23H,1-2H3,(H,22,24). The van der Waals surface area contributed by atoms with Crippen LogP contribution in [0.15, 0.2) is 65.7 Å². The Morgan fingerprint density at radius 2 is 1.68 bits per heavy atom. The number of carbonyl (C=O) groups is 1. The molecule has 0 amide bonds. The second-order valence-corrected chi connectivity index (χ2v) is 7.89. The highest BCUT2D eigenvalue weighted by molar-refractivity contribution is 7.92. The van der Waals surface area contributed by atoms with Crippen LogP contribution in [0, 0.1) is 12.7 Å². The molecule has 0 spiro atoms. The molecule has 8 heteroatoms. The maximum atomic E-state index is 13.3. The normalized spacial score (nSPS) is 11.1. The number of hydrogen-bond acceptors (Lipinski definition) is 5. The number of halogens is 1. The van der Waals surface area contributed by atoms with Gasteiger partial charge in [0.05, 0.1) is 16.8 Å². The molecule has 0 aliphatic rings. The molecule has 1 aromatic heterocycles. The van der Waals surface area contributed by atoms with Gasteiger partial charge in [-0.1, -0.05) is 0 Å². The van der Waals surface area contributed by atoms with Crippen molar-refractivity contribution in [2.45, 2.75) is 18.7 Å². The first-order chi connectivity index (χ1) is 13.2. The average Bonchev–Trinajstić information content (AvgIpc) is 2.65. The smallest absolute Gasteiger partial charge is 0.263 e. The van der Waals surface area contributed by atoms with E-state index in [-0.39, 0.29) is 22.1 Å². The molecular formula is C20H18FN3O3S. The molecule has 0 aliphatic heterocycles. The summed E-state index contributed by atoms with van der Waals surface area (Å²) in [5.74, 6) is -0.343. The van der Waals surface area contributed by atoms with Crippen molar-refractivity contribution in [3.8, 4) is 0 Å². The highest BCUT2D eigenvalue weighted by atomic mass is 32.2. The van der Waals surface area contributed by atoms with Crippen LogP contribution in [0.25, 0.3) is 0 Å². The van der Waals surface area contributed by atoms with Gasteiger partial charge in [0, 0.05) is 11.3 Å². The topological polar surface area (TPSA) is 88.2 Å². The largest absolute Gasteiger partial charge is 0.354 e. The lowest BCUT2D eigenvalue weighted by molar-refractivity contribution is 0.101. The van der Waals surface area contributed by atoms with Gasteiger partial charge in [-0.25, -0.2) is 17.8 Å². The number of aromatic nitrogens is 1. The highest BCUT2D eigenvalue weighted by Crippen LogP contribution is 2.20. The molecule has 0 bridgehead atoms. The van der Waals surface area contributed by atoms with Crippen molar-refractivity contribution in [3.05, 3.63) is 77.7 Å². The van der Waals surface area contributed by atoms with E-state index in [9.17, 15) is 17.6 Å². The van der Waals surface area contributed by atoms with Crippen LogP contribution in [0.2, 0.25) is 0 Å². The van der Waals surface area contributed by atoms with E-state index >= 15 is 0 Å². The molecule has 3 aromatic rings. The van der Waals surface area contributed by atoms with Gasteiger partial charge in [0.25, 0.3) is 10.0 Å². The zero-order chi connectivity index (χ0) is 20.3. The van der Waals surface area contributed by atoms with E-state index < -0.39 is 15.8 Å². The number of nitrogens with one attached hydrogen (secondary N) is 2. The Labute approximate surface area is 162 Å². The first-order valence-electron chi connectivity index (χ1n) is 8.38. The molecule has 0 saturated heterocycles. The zero-order valence-electron chi connectivity index (χ0n) is 15.2. The molecule has 0 fully saturated rings. The van der Waals surface area contributed by atoms with Crippen LogP contribution >= 0.6 is 0 Å². The van der Waals surface area contributed by atoms with E-state index in [4.69, 9.17) is 0 Å². The van der Waals surface area contributed by atoms with Gasteiger partial charge in [-0.3, -0.25) is 9.52 Å². The van der Waals surface area contributed by atoms with Crippen molar-refractivity contribution in [1.82, 2.24) is 4.98 Å². The number of benzene rings is 2. The van der Waals surface area contributed by atoms with E-state index in [1.165, 1.54) is 38.2 Å². The Hall–Kier alpha value is -3.26. The summed E-state index contributed by atoms with van der Waals surface area (Å²) in [6.07, 6.45) is 1.48. The van der Waals surface area contributed by atoms with Gasteiger partial charge in [0.1, 0.15) is 11.6 Å². The third-order valence-corrected chi connectivity index (χ3v) is 5.37. The van der Waals surface area contributed by atoms with Gasteiger partial charge in [0.2, 0.25) is 0 Å². The van der Waals surface area contributed by atoms with Crippen LogP contribution in [0.1, 0.15) is 22.8 Å². The summed E-state index contributed by atoms with van der Waals surface area (Å²) >= 11 is 0. The van der Waals surface area contributed by atoms with Gasteiger partial charge in [-0.15, -0.1) is 0 Å². The van der Waals surface area contributed by atoms with E-state index in [0.717, 1.165) is 11.8 Å². The lowest BCUT2D eigenvalue weighted by Crippen LogP contribution is -2.14. The monoisotopic (exact) mass is 399 g/mol.